The van der Waals surface area contributed by atoms with Gasteiger partial charge in [-0.2, -0.15) is 4.98 Å². The van der Waals surface area contributed by atoms with Crippen molar-refractivity contribution in [3.8, 4) is 0 Å². The number of halogens is 2. The Kier molecular flexibility index (Phi) is 7.66. The maximum atomic E-state index is 5.86. The van der Waals surface area contributed by atoms with E-state index in [4.69, 9.17) is 11.5 Å². The number of hydrogen-bond acceptors (Lipinski definition) is 6. The third-order valence-corrected chi connectivity index (χ3v) is 4.16. The fourth-order valence-corrected chi connectivity index (χ4v) is 2.72. The first-order valence-electron chi connectivity index (χ1n) is 7.63. The van der Waals surface area contributed by atoms with Crippen molar-refractivity contribution in [3.63, 3.8) is 0 Å². The predicted octanol–water partition coefficient (Wildman–Crippen LogP) is 2.18. The third-order valence-electron chi connectivity index (χ3n) is 4.16. The van der Waals surface area contributed by atoms with Crippen LogP contribution >= 0.6 is 24.8 Å². The molecule has 0 amide bonds. The molecule has 6 nitrogen and oxygen atoms in total. The van der Waals surface area contributed by atoms with Gasteiger partial charge in [0.15, 0.2) is 0 Å². The first-order valence-corrected chi connectivity index (χ1v) is 7.63. The van der Waals surface area contributed by atoms with Gasteiger partial charge in [0, 0.05) is 49.9 Å². The maximum Gasteiger partial charge on any atom is 0.222 e. The minimum atomic E-state index is 0. The molecule has 2 heterocycles. The highest BCUT2D eigenvalue weighted by atomic mass is 35.5. The Balaban J connectivity index is 0.00000144. The van der Waals surface area contributed by atoms with Crippen molar-refractivity contribution in [2.45, 2.75) is 31.2 Å². The van der Waals surface area contributed by atoms with Crippen LogP contribution < -0.4 is 16.4 Å². The second-order valence-corrected chi connectivity index (χ2v) is 5.93. The summed E-state index contributed by atoms with van der Waals surface area (Å²) in [6, 6.07) is 8.29. The van der Waals surface area contributed by atoms with Gasteiger partial charge in [-0.25, -0.2) is 4.98 Å². The zero-order chi connectivity index (χ0) is 15.5. The molecule has 0 radical (unpaired) electrons. The normalized spacial score (nSPS) is 18.8. The highest BCUT2D eigenvalue weighted by Gasteiger charge is 2.29. The van der Waals surface area contributed by atoms with Crippen LogP contribution in [-0.2, 0) is 6.42 Å². The summed E-state index contributed by atoms with van der Waals surface area (Å²) in [7, 11) is 2.01. The van der Waals surface area contributed by atoms with Gasteiger partial charge in [0.2, 0.25) is 5.95 Å². The molecule has 0 atom stereocenters. The van der Waals surface area contributed by atoms with Gasteiger partial charge in [0.1, 0.15) is 5.82 Å². The topological polar surface area (TPSA) is 94.0 Å². The van der Waals surface area contributed by atoms with E-state index in [9.17, 15) is 0 Å². The molecule has 132 valence electrons. The Morgan fingerprint density at radius 1 is 1.21 bits per heavy atom. The van der Waals surface area contributed by atoms with Crippen molar-refractivity contribution in [1.82, 2.24) is 15.0 Å². The molecule has 4 N–H and O–H groups in total. The lowest BCUT2D eigenvalue weighted by Gasteiger charge is -2.32. The molecule has 24 heavy (non-hydrogen) atoms. The van der Waals surface area contributed by atoms with Crippen molar-refractivity contribution in [2.75, 3.05) is 24.2 Å². The van der Waals surface area contributed by atoms with Gasteiger partial charge in [0.25, 0.3) is 0 Å². The second-order valence-electron chi connectivity index (χ2n) is 5.93. The Hall–Kier alpha value is -1.63. The van der Waals surface area contributed by atoms with Gasteiger partial charge in [0.05, 0.1) is 5.69 Å². The molecular formula is C16H24Cl2N6. The van der Waals surface area contributed by atoms with Gasteiger partial charge in [-0.05, 0) is 25.0 Å². The van der Waals surface area contributed by atoms with Crippen LogP contribution in [0.4, 0.5) is 11.8 Å². The number of hydrogen-bond donors (Lipinski definition) is 2. The molecule has 8 heteroatoms. The summed E-state index contributed by atoms with van der Waals surface area (Å²) < 4.78 is 0. The fraction of sp³-hybridized carbons (Fsp3) is 0.438. The molecule has 0 spiro atoms. The Morgan fingerprint density at radius 3 is 2.58 bits per heavy atom. The minimum Gasteiger partial charge on any atom is -0.368 e. The minimum absolute atomic E-state index is 0. The van der Waals surface area contributed by atoms with Crippen LogP contribution in [0.3, 0.4) is 0 Å². The van der Waals surface area contributed by atoms with E-state index in [-0.39, 0.29) is 24.8 Å². The molecule has 1 fully saturated rings. The van der Waals surface area contributed by atoms with Crippen molar-refractivity contribution in [1.29, 1.82) is 0 Å². The number of likely N-dealkylation sites (N-methyl/N-ethyl adjacent to an activating group) is 1. The molecule has 0 saturated heterocycles. The Morgan fingerprint density at radius 2 is 1.96 bits per heavy atom. The molecule has 1 saturated carbocycles. The monoisotopic (exact) mass is 370 g/mol. The predicted molar refractivity (Wildman–Crippen MR) is 102 cm³/mol. The number of rotatable bonds is 5. The van der Waals surface area contributed by atoms with Crippen LogP contribution in [0.25, 0.3) is 0 Å². The lowest BCUT2D eigenvalue weighted by Crippen LogP contribution is -2.35. The fourth-order valence-electron chi connectivity index (χ4n) is 2.72. The van der Waals surface area contributed by atoms with E-state index in [0.717, 1.165) is 43.0 Å². The highest BCUT2D eigenvalue weighted by Crippen LogP contribution is 2.35. The van der Waals surface area contributed by atoms with Crippen LogP contribution in [0.15, 0.2) is 30.5 Å². The van der Waals surface area contributed by atoms with Gasteiger partial charge in [-0.15, -0.1) is 24.8 Å². The number of pyridine rings is 1. The van der Waals surface area contributed by atoms with E-state index in [2.05, 4.69) is 19.9 Å². The van der Waals surface area contributed by atoms with Crippen LogP contribution in [0.5, 0.6) is 0 Å². The van der Waals surface area contributed by atoms with Gasteiger partial charge < -0.3 is 16.4 Å². The smallest absolute Gasteiger partial charge is 0.222 e. The van der Waals surface area contributed by atoms with Gasteiger partial charge >= 0.3 is 0 Å². The first kappa shape index (κ1) is 20.4. The van der Waals surface area contributed by atoms with Crippen LogP contribution in [0.1, 0.15) is 30.1 Å². The average molecular weight is 371 g/mol. The summed E-state index contributed by atoms with van der Waals surface area (Å²) in [4.78, 5) is 15.1. The zero-order valence-corrected chi connectivity index (χ0v) is 15.3. The van der Waals surface area contributed by atoms with E-state index in [0.29, 0.717) is 17.9 Å². The SMILES string of the molecule is CN(CCc1ccccn1)c1cc(C2CC(N)C2)nc(N)n1.Cl.Cl. The van der Waals surface area contributed by atoms with E-state index in [1.165, 1.54) is 0 Å². The summed E-state index contributed by atoms with van der Waals surface area (Å²) in [5.74, 6) is 1.61. The number of anilines is 2. The summed E-state index contributed by atoms with van der Waals surface area (Å²) in [6.45, 7) is 0.830. The molecule has 1 aliphatic carbocycles. The van der Waals surface area contributed by atoms with E-state index in [1.807, 2.05) is 37.5 Å². The highest BCUT2D eigenvalue weighted by molar-refractivity contribution is 5.85. The molecule has 0 aliphatic heterocycles. The summed E-state index contributed by atoms with van der Waals surface area (Å²) in [5, 5.41) is 0. The molecule has 0 aromatic carbocycles. The lowest BCUT2D eigenvalue weighted by atomic mass is 9.78. The van der Waals surface area contributed by atoms with E-state index >= 15 is 0 Å². The molecule has 0 bridgehead atoms. The Labute approximate surface area is 154 Å². The number of aromatic nitrogens is 3. The molecule has 2 aromatic rings. The van der Waals surface area contributed by atoms with Crippen molar-refractivity contribution < 1.29 is 0 Å². The average Bonchev–Trinajstić information content (AvgIpc) is 2.50. The summed E-state index contributed by atoms with van der Waals surface area (Å²) >= 11 is 0. The second kappa shape index (κ2) is 9.01. The first-order chi connectivity index (χ1) is 10.6. The number of nitrogens with zero attached hydrogens (tertiary/aromatic N) is 4. The Bertz CT molecular complexity index is 634. The van der Waals surface area contributed by atoms with Crippen molar-refractivity contribution in [3.05, 3.63) is 41.9 Å². The lowest BCUT2D eigenvalue weighted by molar-refractivity contribution is 0.345. The largest absolute Gasteiger partial charge is 0.368 e. The standard InChI is InChI=1S/C16H22N6.2ClH/c1-22(7-5-13-4-2-3-6-19-13)15-10-14(20-16(18)21-15)11-8-12(17)9-11;;/h2-4,6,10-12H,5,7-9,17H2,1H3,(H2,18,20,21);2*1H. The number of nitrogens with two attached hydrogens (primary N) is 2. The molecule has 0 unspecified atom stereocenters. The van der Waals surface area contributed by atoms with Gasteiger partial charge in [-0.3, -0.25) is 4.98 Å². The quantitative estimate of drug-likeness (QED) is 0.837. The molecule has 2 aromatic heterocycles. The molecule has 1 aliphatic rings. The molecular weight excluding hydrogens is 347 g/mol. The third kappa shape index (κ3) is 4.93. The summed E-state index contributed by atoms with van der Waals surface area (Å²) in [5.41, 5.74) is 13.8. The van der Waals surface area contributed by atoms with Crippen molar-refractivity contribution >= 4 is 36.6 Å². The summed E-state index contributed by atoms with van der Waals surface area (Å²) in [6.07, 6.45) is 4.64. The maximum absolute atomic E-state index is 5.86. The van der Waals surface area contributed by atoms with E-state index < -0.39 is 0 Å². The zero-order valence-electron chi connectivity index (χ0n) is 13.6. The van der Waals surface area contributed by atoms with Crippen LogP contribution in [0.2, 0.25) is 0 Å². The van der Waals surface area contributed by atoms with Crippen LogP contribution in [-0.4, -0.2) is 34.6 Å². The number of nitrogen functional groups attached to an aromatic ring is 1. The molecule has 3 rings (SSSR count). The van der Waals surface area contributed by atoms with Gasteiger partial charge in [-0.1, -0.05) is 6.07 Å². The van der Waals surface area contributed by atoms with E-state index in [1.54, 1.807) is 0 Å². The van der Waals surface area contributed by atoms with Crippen LogP contribution in [0, 0.1) is 0 Å². The van der Waals surface area contributed by atoms with Crippen molar-refractivity contribution in [2.24, 2.45) is 5.73 Å².